The largest absolute Gasteiger partial charge is 0.389 e. The average molecular weight is 292 g/mol. The Hall–Kier alpha value is -2.04. The molecule has 2 N–H and O–H groups in total. The maximum atomic E-state index is 10.7. The minimum atomic E-state index is -0.497. The Bertz CT molecular complexity index is 754. The molecule has 3 aromatic rings. The Morgan fingerprint density at radius 3 is 2.59 bits per heavy atom. The number of hydrogen-bond acceptors (Lipinski definition) is 2. The van der Waals surface area contributed by atoms with Gasteiger partial charge in [-0.2, -0.15) is 0 Å². The van der Waals surface area contributed by atoms with Gasteiger partial charge in [-0.1, -0.05) is 47.9 Å². The van der Waals surface area contributed by atoms with Crippen molar-refractivity contribution in [1.82, 2.24) is 9.88 Å². The fraction of sp³-hybridized carbons (Fsp3) is 0.222. The smallest absolute Gasteiger partial charge is 0.140 e. The van der Waals surface area contributed by atoms with E-state index in [0.29, 0.717) is 6.54 Å². The van der Waals surface area contributed by atoms with Crippen molar-refractivity contribution in [2.24, 2.45) is 0 Å². The van der Waals surface area contributed by atoms with Crippen LogP contribution in [-0.2, 0) is 0 Å². The molecule has 3 nitrogen and oxygen atoms in total. The molecule has 0 radical (unpaired) electrons. The molecule has 2 aromatic carbocycles. The molecule has 1 heterocycles. The van der Waals surface area contributed by atoms with Gasteiger partial charge >= 0.3 is 0 Å². The Balaban J connectivity index is 2.14. The fourth-order valence-corrected chi connectivity index (χ4v) is 3.12. The summed E-state index contributed by atoms with van der Waals surface area (Å²) in [4.78, 5) is 0. The van der Waals surface area contributed by atoms with Gasteiger partial charge in [0.1, 0.15) is 7.85 Å². The monoisotopic (exact) mass is 292 g/mol. The van der Waals surface area contributed by atoms with Gasteiger partial charge in [-0.15, -0.1) is 0 Å². The third-order valence-electron chi connectivity index (χ3n) is 4.20. The topological polar surface area (TPSA) is 37.2 Å². The molecule has 0 unspecified atom stereocenters. The van der Waals surface area contributed by atoms with E-state index >= 15 is 0 Å². The summed E-state index contributed by atoms with van der Waals surface area (Å²) in [6, 6.07) is 18.5. The van der Waals surface area contributed by atoms with E-state index in [1.165, 1.54) is 10.8 Å². The summed E-state index contributed by atoms with van der Waals surface area (Å²) < 4.78 is 2.18. The van der Waals surface area contributed by atoms with Crippen molar-refractivity contribution in [2.75, 3.05) is 13.6 Å². The first kappa shape index (κ1) is 14.9. The summed E-state index contributed by atoms with van der Waals surface area (Å²) in [7, 11) is 3.98. The second-order valence-electron chi connectivity index (χ2n) is 5.71. The molecule has 0 aliphatic carbocycles. The molecule has 0 aliphatic heterocycles. The molecule has 0 amide bonds. The van der Waals surface area contributed by atoms with Gasteiger partial charge < -0.3 is 15.0 Å². The van der Waals surface area contributed by atoms with E-state index in [0.717, 1.165) is 11.1 Å². The molecule has 0 saturated carbocycles. The van der Waals surface area contributed by atoms with Crippen molar-refractivity contribution in [3.05, 3.63) is 66.4 Å². The lowest BCUT2D eigenvalue weighted by Crippen LogP contribution is -2.33. The summed E-state index contributed by atoms with van der Waals surface area (Å²) in [6.07, 6.45) is 1.58. The van der Waals surface area contributed by atoms with Crippen molar-refractivity contribution in [3.8, 4) is 0 Å². The van der Waals surface area contributed by atoms with Gasteiger partial charge in [-0.3, -0.25) is 0 Å². The van der Waals surface area contributed by atoms with Crippen LogP contribution < -0.4 is 10.8 Å². The molecular formula is C18H21BN2O. The molecule has 0 aliphatic rings. The van der Waals surface area contributed by atoms with Crippen molar-refractivity contribution in [3.63, 3.8) is 0 Å². The molecule has 1 aromatic heterocycles. The van der Waals surface area contributed by atoms with E-state index in [4.69, 9.17) is 0 Å². The number of fused-ring (bicyclic) bond motifs is 1. The van der Waals surface area contributed by atoms with Crippen molar-refractivity contribution in [1.29, 1.82) is 0 Å². The molecular weight excluding hydrogens is 271 g/mol. The second-order valence-corrected chi connectivity index (χ2v) is 5.71. The fourth-order valence-electron chi connectivity index (χ4n) is 3.12. The van der Waals surface area contributed by atoms with Gasteiger partial charge in [0.05, 0.1) is 12.1 Å². The molecule has 0 saturated heterocycles. The van der Waals surface area contributed by atoms with E-state index in [9.17, 15) is 5.11 Å². The summed E-state index contributed by atoms with van der Waals surface area (Å²) in [5.74, 6) is 0. The van der Waals surface area contributed by atoms with Crippen LogP contribution in [0.15, 0.2) is 60.8 Å². The summed E-state index contributed by atoms with van der Waals surface area (Å²) >= 11 is 0. The Morgan fingerprint density at radius 2 is 1.86 bits per heavy atom. The van der Waals surface area contributed by atoms with Crippen LogP contribution in [0.25, 0.3) is 10.9 Å². The zero-order valence-corrected chi connectivity index (χ0v) is 13.0. The highest BCUT2D eigenvalue weighted by Crippen LogP contribution is 2.27. The number of hydrogen-bond donors (Lipinski definition) is 2. The number of rotatable bonds is 5. The SMILES string of the molecule is Bc1cccc2c1ccn2[C@@H](c1ccccc1)[C@H](O)CNC. The Labute approximate surface area is 132 Å². The van der Waals surface area contributed by atoms with Crippen LogP contribution in [0.2, 0.25) is 0 Å². The van der Waals surface area contributed by atoms with Gasteiger partial charge in [-0.05, 0) is 30.1 Å². The van der Waals surface area contributed by atoms with Gasteiger partial charge in [0.25, 0.3) is 0 Å². The maximum Gasteiger partial charge on any atom is 0.140 e. The number of nitrogens with zero attached hydrogens (tertiary/aromatic N) is 1. The van der Waals surface area contributed by atoms with Crippen LogP contribution in [0.4, 0.5) is 0 Å². The van der Waals surface area contributed by atoms with Crippen LogP contribution in [-0.4, -0.2) is 37.2 Å². The summed E-state index contributed by atoms with van der Waals surface area (Å²) in [5.41, 5.74) is 3.53. The zero-order valence-electron chi connectivity index (χ0n) is 13.0. The van der Waals surface area contributed by atoms with E-state index in [-0.39, 0.29) is 6.04 Å². The minimum absolute atomic E-state index is 0.104. The highest BCUT2D eigenvalue weighted by molar-refractivity contribution is 6.38. The molecule has 22 heavy (non-hydrogen) atoms. The summed E-state index contributed by atoms with van der Waals surface area (Å²) in [5, 5.41) is 15.0. The van der Waals surface area contributed by atoms with Gasteiger partial charge in [-0.25, -0.2) is 0 Å². The predicted molar refractivity (Wildman–Crippen MR) is 94.6 cm³/mol. The summed E-state index contributed by atoms with van der Waals surface area (Å²) in [6.45, 7) is 0.547. The van der Waals surface area contributed by atoms with E-state index in [1.807, 2.05) is 25.2 Å². The van der Waals surface area contributed by atoms with Crippen LogP contribution in [0.3, 0.4) is 0 Å². The third kappa shape index (κ3) is 2.67. The molecule has 0 spiro atoms. The molecule has 112 valence electrons. The predicted octanol–water partition coefficient (Wildman–Crippen LogP) is 1.07. The minimum Gasteiger partial charge on any atom is -0.389 e. The van der Waals surface area contributed by atoms with E-state index < -0.39 is 6.10 Å². The van der Waals surface area contributed by atoms with Crippen molar-refractivity contribution >= 4 is 24.2 Å². The molecule has 4 heteroatoms. The van der Waals surface area contributed by atoms with Crippen LogP contribution in [0.1, 0.15) is 11.6 Å². The average Bonchev–Trinajstić information content (AvgIpc) is 2.94. The zero-order chi connectivity index (χ0) is 15.5. The number of aliphatic hydroxyl groups excluding tert-OH is 1. The third-order valence-corrected chi connectivity index (χ3v) is 4.20. The Morgan fingerprint density at radius 1 is 1.09 bits per heavy atom. The standard InChI is InChI=1S/C18H21BN2O/c1-20-12-17(22)18(13-6-3-2-4-7-13)21-11-10-14-15(19)8-5-9-16(14)21/h2-11,17-18,20,22H,12,19H2,1H3/t17-,18+/m1/s1. The van der Waals surface area contributed by atoms with Crippen LogP contribution in [0, 0.1) is 0 Å². The van der Waals surface area contributed by atoms with Gasteiger partial charge in [0, 0.05) is 18.3 Å². The lowest BCUT2D eigenvalue weighted by molar-refractivity contribution is 0.132. The first-order chi connectivity index (χ1) is 10.7. The molecule has 0 bridgehead atoms. The number of nitrogens with one attached hydrogen (secondary N) is 1. The first-order valence-electron chi connectivity index (χ1n) is 7.66. The maximum absolute atomic E-state index is 10.7. The number of benzene rings is 2. The normalized spacial score (nSPS) is 14.1. The molecule has 3 rings (SSSR count). The van der Waals surface area contributed by atoms with Crippen LogP contribution in [0.5, 0.6) is 0 Å². The van der Waals surface area contributed by atoms with Crippen LogP contribution >= 0.6 is 0 Å². The number of aromatic nitrogens is 1. The lowest BCUT2D eigenvalue weighted by Gasteiger charge is -2.26. The van der Waals surface area contributed by atoms with Crippen molar-refractivity contribution in [2.45, 2.75) is 12.1 Å². The van der Waals surface area contributed by atoms with Gasteiger partial charge in [0.15, 0.2) is 0 Å². The number of likely N-dealkylation sites (N-methyl/N-ethyl adjacent to an activating group) is 1. The van der Waals surface area contributed by atoms with Crippen molar-refractivity contribution < 1.29 is 5.11 Å². The van der Waals surface area contributed by atoms with E-state index in [1.54, 1.807) is 0 Å². The number of aliphatic hydroxyl groups is 1. The quantitative estimate of drug-likeness (QED) is 0.690. The lowest BCUT2D eigenvalue weighted by atomic mass is 9.92. The highest BCUT2D eigenvalue weighted by Gasteiger charge is 2.23. The Kier molecular flexibility index (Phi) is 4.32. The molecule has 0 fully saturated rings. The highest BCUT2D eigenvalue weighted by atomic mass is 16.3. The second kappa shape index (κ2) is 6.38. The van der Waals surface area contributed by atoms with E-state index in [2.05, 4.69) is 60.3 Å². The molecule has 2 atom stereocenters. The first-order valence-corrected chi connectivity index (χ1v) is 7.66. The van der Waals surface area contributed by atoms with Gasteiger partial charge in [0.2, 0.25) is 0 Å².